The molecule has 4 unspecified atom stereocenters. The standard InChI is InChI=1S/C58H74N7O9PS2/c1-12-33-59-50(66)30-32-57(8,9)77-76-49-21-17-16-18-41(49)31-34-72-75(65(39(4)5)40(6)7)74-47-35-51(64-37-60-52-53(64)61-56(63-55(52)68)62-54(67)38(2)3)73-48(47)36-71-58(42-19-14-13-15-20-42,43-22-26-45(69-10)27-23-43)44-24-28-46(70-11)29-25-44/h12-29,37-40,47-48,51H,1,30-36H2,2-11H3,(H,59,66)(H2,61,62,63,67,68). The van der Waals surface area contributed by atoms with Gasteiger partial charge in [0.1, 0.15) is 29.4 Å². The number of benzene rings is 4. The van der Waals surface area contributed by atoms with Gasteiger partial charge in [-0.25, -0.2) is 9.65 Å². The average Bonchev–Trinajstić information content (AvgIpc) is 4.09. The van der Waals surface area contributed by atoms with Crippen LogP contribution in [0.15, 0.2) is 132 Å². The number of methoxy groups -OCH3 is 2. The largest absolute Gasteiger partial charge is 0.497 e. The minimum absolute atomic E-state index is 0.00733. The van der Waals surface area contributed by atoms with Crippen molar-refractivity contribution < 1.29 is 37.6 Å². The summed E-state index contributed by atoms with van der Waals surface area (Å²) >= 11 is 0. The predicted octanol–water partition coefficient (Wildman–Crippen LogP) is 11.6. The van der Waals surface area contributed by atoms with E-state index in [1.165, 1.54) is 0 Å². The van der Waals surface area contributed by atoms with E-state index in [4.69, 9.17) is 33.0 Å². The minimum atomic E-state index is -1.74. The molecule has 1 aliphatic rings. The number of amides is 2. The van der Waals surface area contributed by atoms with Crippen molar-refractivity contribution in [2.24, 2.45) is 5.92 Å². The average molecular weight is 1110 g/mol. The first-order valence-corrected chi connectivity index (χ1v) is 29.4. The Kier molecular flexibility index (Phi) is 21.0. The molecule has 4 atom stereocenters. The fourth-order valence-electron chi connectivity index (χ4n) is 9.03. The minimum Gasteiger partial charge on any atom is -0.497 e. The third-order valence-electron chi connectivity index (χ3n) is 13.1. The molecule has 0 aliphatic carbocycles. The first-order chi connectivity index (χ1) is 37.0. The molecule has 77 heavy (non-hydrogen) atoms. The number of ether oxygens (including phenoxy) is 4. The van der Waals surface area contributed by atoms with E-state index in [0.29, 0.717) is 43.9 Å². The van der Waals surface area contributed by atoms with Crippen molar-refractivity contribution in [1.29, 1.82) is 0 Å². The number of carbonyl (C=O) groups is 2. The Balaban J connectivity index is 1.23. The lowest BCUT2D eigenvalue weighted by Gasteiger charge is -2.39. The van der Waals surface area contributed by atoms with Gasteiger partial charge in [0.25, 0.3) is 14.1 Å². The summed E-state index contributed by atoms with van der Waals surface area (Å²) in [5.74, 6) is 0.770. The first-order valence-electron chi connectivity index (χ1n) is 26.1. The molecule has 0 radical (unpaired) electrons. The Morgan fingerprint density at radius 1 is 0.909 bits per heavy atom. The van der Waals surface area contributed by atoms with Crippen LogP contribution in [-0.4, -0.2) is 99.0 Å². The van der Waals surface area contributed by atoms with Crippen LogP contribution in [-0.2, 0) is 40.1 Å². The number of rotatable bonds is 28. The van der Waals surface area contributed by atoms with Gasteiger partial charge in [-0.3, -0.25) is 29.3 Å². The van der Waals surface area contributed by atoms with E-state index in [2.05, 4.69) is 97.7 Å². The second-order valence-corrected chi connectivity index (χ2v) is 24.5. The number of H-pyrrole nitrogens is 1. The van der Waals surface area contributed by atoms with Crippen molar-refractivity contribution in [2.45, 2.75) is 127 Å². The Morgan fingerprint density at radius 3 is 2.14 bits per heavy atom. The number of hydrogen-bond donors (Lipinski definition) is 3. The number of nitrogens with zero attached hydrogens (tertiary/aromatic N) is 4. The molecule has 7 rings (SSSR count). The molecule has 19 heteroatoms. The van der Waals surface area contributed by atoms with Gasteiger partial charge >= 0.3 is 0 Å². The first kappa shape index (κ1) is 59.1. The second-order valence-electron chi connectivity index (χ2n) is 20.2. The van der Waals surface area contributed by atoms with E-state index in [-0.39, 0.29) is 58.3 Å². The molecule has 0 saturated carbocycles. The highest BCUT2D eigenvalue weighted by Gasteiger charge is 2.45. The molecule has 0 spiro atoms. The van der Waals surface area contributed by atoms with E-state index in [1.807, 2.05) is 78.9 Å². The molecular formula is C58H74N7O9PS2. The summed E-state index contributed by atoms with van der Waals surface area (Å²) in [5, 5.41) is 5.62. The summed E-state index contributed by atoms with van der Waals surface area (Å²) in [6.07, 6.45) is 3.25. The van der Waals surface area contributed by atoms with Crippen LogP contribution in [0.3, 0.4) is 0 Å². The van der Waals surface area contributed by atoms with Crippen LogP contribution in [0.2, 0.25) is 0 Å². The summed E-state index contributed by atoms with van der Waals surface area (Å²) < 4.78 is 44.0. The van der Waals surface area contributed by atoms with Crippen LogP contribution < -0.4 is 25.7 Å². The van der Waals surface area contributed by atoms with Gasteiger partial charge in [-0.15, -0.1) is 6.58 Å². The monoisotopic (exact) mass is 1110 g/mol. The highest BCUT2D eigenvalue weighted by molar-refractivity contribution is 8.77. The highest BCUT2D eigenvalue weighted by Crippen LogP contribution is 2.51. The maximum Gasteiger partial charge on any atom is 0.280 e. The van der Waals surface area contributed by atoms with Gasteiger partial charge in [-0.1, -0.05) is 114 Å². The zero-order valence-corrected chi connectivity index (χ0v) is 48.3. The predicted molar refractivity (Wildman–Crippen MR) is 308 cm³/mol. The summed E-state index contributed by atoms with van der Waals surface area (Å²) in [7, 11) is 5.02. The zero-order chi connectivity index (χ0) is 55.3. The number of anilines is 1. The summed E-state index contributed by atoms with van der Waals surface area (Å²) in [4.78, 5) is 51.7. The van der Waals surface area contributed by atoms with Gasteiger partial charge in [0, 0.05) is 47.0 Å². The number of imidazole rings is 1. The zero-order valence-electron chi connectivity index (χ0n) is 45.8. The molecule has 3 heterocycles. The molecule has 16 nitrogen and oxygen atoms in total. The molecule has 4 aromatic carbocycles. The Labute approximate surface area is 462 Å². The number of hydrogen-bond acceptors (Lipinski definition) is 14. The smallest absolute Gasteiger partial charge is 0.280 e. The van der Waals surface area contributed by atoms with Crippen molar-refractivity contribution in [3.05, 3.63) is 155 Å². The van der Waals surface area contributed by atoms with Gasteiger partial charge in [-0.2, -0.15) is 4.98 Å². The molecule has 0 bridgehead atoms. The molecule has 2 amide bonds. The van der Waals surface area contributed by atoms with Gasteiger partial charge in [-0.05, 0) is 107 Å². The lowest BCUT2D eigenvalue weighted by molar-refractivity contribution is -0.121. The Hall–Kier alpha value is -5.56. The fraction of sp³-hybridized carbons (Fsp3) is 0.431. The number of aromatic nitrogens is 4. The van der Waals surface area contributed by atoms with Crippen molar-refractivity contribution in [3.63, 3.8) is 0 Å². The molecular weight excluding hydrogens is 1030 g/mol. The molecule has 6 aromatic rings. The van der Waals surface area contributed by atoms with E-state index in [9.17, 15) is 14.4 Å². The summed E-state index contributed by atoms with van der Waals surface area (Å²) in [5.41, 5.74) is 2.39. The Bertz CT molecular complexity index is 2880. The lowest BCUT2D eigenvalue weighted by Crippen LogP contribution is -2.39. The van der Waals surface area contributed by atoms with E-state index in [1.54, 1.807) is 66.6 Å². The third-order valence-corrected chi connectivity index (χ3v) is 18.7. The number of aromatic amines is 1. The van der Waals surface area contributed by atoms with Crippen LogP contribution in [0.1, 0.15) is 103 Å². The fourth-order valence-corrected chi connectivity index (χ4v) is 13.4. The topological polar surface area (TPSA) is 180 Å². The van der Waals surface area contributed by atoms with Crippen LogP contribution in [0.5, 0.6) is 11.5 Å². The maximum absolute atomic E-state index is 13.5. The number of fused-ring (bicyclic) bond motifs is 1. The van der Waals surface area contributed by atoms with Crippen molar-refractivity contribution in [2.75, 3.05) is 39.3 Å². The van der Waals surface area contributed by atoms with Crippen molar-refractivity contribution in [3.8, 4) is 11.5 Å². The lowest BCUT2D eigenvalue weighted by atomic mass is 9.80. The van der Waals surface area contributed by atoms with Gasteiger partial charge < -0.3 is 33.3 Å². The number of carbonyl (C=O) groups excluding carboxylic acids is 2. The summed E-state index contributed by atoms with van der Waals surface area (Å²) in [6, 6.07) is 34.2. The third kappa shape index (κ3) is 15.0. The quantitative estimate of drug-likeness (QED) is 0.0183. The molecule has 2 aromatic heterocycles. The van der Waals surface area contributed by atoms with Gasteiger partial charge in [0.15, 0.2) is 11.2 Å². The molecule has 1 fully saturated rings. The van der Waals surface area contributed by atoms with E-state index >= 15 is 0 Å². The van der Waals surface area contributed by atoms with Crippen molar-refractivity contribution in [1.82, 2.24) is 29.5 Å². The van der Waals surface area contributed by atoms with Gasteiger partial charge in [0.05, 0.1) is 39.9 Å². The SMILES string of the molecule is C=CCNC(=O)CCC(C)(C)SSc1ccccc1CCOP(OC1CC(n2cnc3c(=O)[nH]c(NC(=O)C(C)C)nc32)OC1COC(c1ccccc1)(c1ccc(OC)cc1)c1ccc(OC)cc1)N(C(C)C)C(C)C. The number of nitrogens with one attached hydrogen (secondary N) is 3. The maximum atomic E-state index is 13.5. The highest BCUT2D eigenvalue weighted by atomic mass is 33.1. The molecule has 1 saturated heterocycles. The Morgan fingerprint density at radius 2 is 1.53 bits per heavy atom. The van der Waals surface area contributed by atoms with Crippen molar-refractivity contribution >= 4 is 59.0 Å². The van der Waals surface area contributed by atoms with Gasteiger partial charge in [0.2, 0.25) is 17.8 Å². The van der Waals surface area contributed by atoms with E-state index < -0.39 is 38.1 Å². The van der Waals surface area contributed by atoms with E-state index in [0.717, 1.165) is 33.6 Å². The summed E-state index contributed by atoms with van der Waals surface area (Å²) in [6.45, 7) is 21.0. The normalized spacial score (nSPS) is 16.4. The molecule has 1 aliphatic heterocycles. The van der Waals surface area contributed by atoms with Crippen LogP contribution in [0.25, 0.3) is 11.2 Å². The molecule has 3 N–H and O–H groups in total. The van der Waals surface area contributed by atoms with Crippen LogP contribution in [0.4, 0.5) is 5.95 Å². The van der Waals surface area contributed by atoms with Crippen LogP contribution in [0, 0.1) is 5.92 Å². The second kappa shape index (κ2) is 27.3. The molecule has 412 valence electrons. The van der Waals surface area contributed by atoms with Crippen LogP contribution >= 0.6 is 30.1 Å².